The number of aliphatic hydroxyl groups excluding tert-OH is 1. The summed E-state index contributed by atoms with van der Waals surface area (Å²) in [4.78, 5) is 21.5. The van der Waals surface area contributed by atoms with Gasteiger partial charge in [-0.15, -0.1) is 5.10 Å². The highest BCUT2D eigenvalue weighted by molar-refractivity contribution is 6.14. The molecule has 1 aromatic carbocycles. The number of hydrogen-bond donors (Lipinski definition) is 2. The number of nitrogens with zero attached hydrogens (tertiary/aromatic N) is 5. The van der Waals surface area contributed by atoms with Crippen LogP contribution in [0.25, 0.3) is 44.5 Å². The smallest absolute Gasteiger partial charge is 0.329 e. The maximum absolute atomic E-state index is 15.0. The Bertz CT molecular complexity index is 1630. The van der Waals surface area contributed by atoms with Crippen LogP contribution in [-0.2, 0) is 20.5 Å². The molecule has 0 spiro atoms. The number of pyridine rings is 1. The van der Waals surface area contributed by atoms with Crippen molar-refractivity contribution in [1.82, 2.24) is 28.9 Å². The zero-order chi connectivity index (χ0) is 25.0. The third-order valence-corrected chi connectivity index (χ3v) is 7.48. The van der Waals surface area contributed by atoms with E-state index >= 15 is 0 Å². The molecule has 1 saturated carbocycles. The lowest BCUT2D eigenvalue weighted by molar-refractivity contribution is 0.288. The van der Waals surface area contributed by atoms with E-state index in [9.17, 15) is 14.3 Å². The molecule has 5 aromatic rings. The van der Waals surface area contributed by atoms with E-state index in [1.54, 1.807) is 31.1 Å². The zero-order valence-electron chi connectivity index (χ0n) is 20.5. The van der Waals surface area contributed by atoms with Gasteiger partial charge in [-0.1, -0.05) is 37.1 Å². The van der Waals surface area contributed by atoms with Crippen molar-refractivity contribution in [2.24, 2.45) is 14.1 Å². The summed E-state index contributed by atoms with van der Waals surface area (Å²) in [5.41, 5.74) is 5.93. The van der Waals surface area contributed by atoms with Crippen molar-refractivity contribution in [3.8, 4) is 22.4 Å². The Kier molecular flexibility index (Phi) is 5.52. The quantitative estimate of drug-likeness (QED) is 0.369. The number of rotatable bonds is 6. The third-order valence-electron chi connectivity index (χ3n) is 7.48. The lowest BCUT2D eigenvalue weighted by Crippen LogP contribution is -2.24. The molecule has 6 rings (SSSR count). The van der Waals surface area contributed by atoms with Gasteiger partial charge in [-0.2, -0.15) is 4.39 Å². The fourth-order valence-corrected chi connectivity index (χ4v) is 5.72. The molecule has 8 nitrogen and oxygen atoms in total. The molecule has 0 radical (unpaired) electrons. The summed E-state index contributed by atoms with van der Waals surface area (Å²) in [5.74, 6) is -0.567. The normalized spacial score (nSPS) is 14.6. The molecule has 186 valence electrons. The summed E-state index contributed by atoms with van der Waals surface area (Å²) in [6.45, 7) is 0.144. The highest BCUT2D eigenvalue weighted by Gasteiger charge is 2.28. The van der Waals surface area contributed by atoms with Crippen LogP contribution in [0.4, 0.5) is 4.39 Å². The van der Waals surface area contributed by atoms with E-state index in [1.165, 1.54) is 4.68 Å². The van der Waals surface area contributed by atoms with Gasteiger partial charge in [0, 0.05) is 38.5 Å². The van der Waals surface area contributed by atoms with Gasteiger partial charge < -0.3 is 10.1 Å². The van der Waals surface area contributed by atoms with E-state index in [4.69, 9.17) is 0 Å². The summed E-state index contributed by atoms with van der Waals surface area (Å²) in [7, 11) is 3.48. The number of benzene rings is 1. The van der Waals surface area contributed by atoms with Crippen LogP contribution < -0.4 is 5.69 Å². The topological polar surface area (TPSA) is 93.7 Å². The van der Waals surface area contributed by atoms with Crippen molar-refractivity contribution in [2.45, 2.75) is 44.6 Å². The molecular formula is C27H29FN6O2. The summed E-state index contributed by atoms with van der Waals surface area (Å²) in [6, 6.07) is 8.25. The Balaban J connectivity index is 1.69. The molecule has 0 unspecified atom stereocenters. The average Bonchev–Trinajstić information content (AvgIpc) is 3.64. The Hall–Kier alpha value is -3.72. The van der Waals surface area contributed by atoms with Gasteiger partial charge in [0.05, 0.1) is 33.9 Å². The maximum atomic E-state index is 15.0. The molecule has 2 N–H and O–H groups in total. The molecule has 4 heterocycles. The predicted octanol–water partition coefficient (Wildman–Crippen LogP) is 4.46. The van der Waals surface area contributed by atoms with Crippen molar-refractivity contribution in [1.29, 1.82) is 0 Å². The SMILES string of the molecule is Cn1cc(-c2[nH]c3ncc4c(c3c2-c2ccc(CCCO)cc2)n(C2CCCC2)c(=O)n4C)c(F)n1. The second kappa shape index (κ2) is 8.74. The number of aryl methyl sites for hydroxylation is 3. The number of aromatic amines is 1. The Morgan fingerprint density at radius 1 is 1.17 bits per heavy atom. The van der Waals surface area contributed by atoms with E-state index in [2.05, 4.69) is 15.1 Å². The minimum Gasteiger partial charge on any atom is -0.396 e. The lowest BCUT2D eigenvalue weighted by Gasteiger charge is -2.13. The molecule has 0 saturated heterocycles. The van der Waals surface area contributed by atoms with E-state index in [0.717, 1.165) is 65.2 Å². The van der Waals surface area contributed by atoms with Crippen molar-refractivity contribution >= 4 is 22.1 Å². The summed E-state index contributed by atoms with van der Waals surface area (Å²) >= 11 is 0. The molecular weight excluding hydrogens is 459 g/mol. The van der Waals surface area contributed by atoms with Crippen molar-refractivity contribution in [2.75, 3.05) is 6.61 Å². The first-order valence-corrected chi connectivity index (χ1v) is 12.5. The van der Waals surface area contributed by atoms with Crippen LogP contribution in [0.3, 0.4) is 0 Å². The molecule has 1 aliphatic rings. The summed E-state index contributed by atoms with van der Waals surface area (Å²) in [5, 5.41) is 13.9. The first kappa shape index (κ1) is 22.7. The van der Waals surface area contributed by atoms with Crippen LogP contribution in [0, 0.1) is 5.95 Å². The van der Waals surface area contributed by atoms with Crippen LogP contribution in [0.15, 0.2) is 41.5 Å². The molecule has 0 atom stereocenters. The molecule has 4 aromatic heterocycles. The number of H-pyrrole nitrogens is 1. The maximum Gasteiger partial charge on any atom is 0.329 e. The van der Waals surface area contributed by atoms with Gasteiger partial charge in [0.15, 0.2) is 0 Å². The number of fused-ring (bicyclic) bond motifs is 3. The standard InChI is InChI=1S/C27H29FN6O2/c1-32-15-19(25(28)31-32)23-21(17-11-9-16(10-12-17)6-5-13-35)22-24-20(14-29-26(22)30-23)33(2)27(36)34(24)18-7-3-4-8-18/h9-12,14-15,18,35H,3-8,13H2,1-2H3,(H,29,30). The fraction of sp³-hybridized carbons (Fsp3) is 0.370. The van der Waals surface area contributed by atoms with E-state index < -0.39 is 5.95 Å². The molecule has 1 fully saturated rings. The first-order valence-electron chi connectivity index (χ1n) is 12.5. The average molecular weight is 489 g/mol. The number of aliphatic hydroxyl groups is 1. The molecule has 1 aliphatic carbocycles. The van der Waals surface area contributed by atoms with Crippen LogP contribution >= 0.6 is 0 Å². The largest absolute Gasteiger partial charge is 0.396 e. The number of halogens is 1. The van der Waals surface area contributed by atoms with Crippen LogP contribution in [-0.4, -0.2) is 40.6 Å². The molecule has 0 aliphatic heterocycles. The van der Waals surface area contributed by atoms with E-state index in [-0.39, 0.29) is 18.3 Å². The van der Waals surface area contributed by atoms with Gasteiger partial charge >= 0.3 is 5.69 Å². The van der Waals surface area contributed by atoms with Crippen LogP contribution in [0.1, 0.15) is 43.7 Å². The Morgan fingerprint density at radius 3 is 2.58 bits per heavy atom. The van der Waals surface area contributed by atoms with Gasteiger partial charge in [0.1, 0.15) is 5.65 Å². The predicted molar refractivity (Wildman–Crippen MR) is 137 cm³/mol. The monoisotopic (exact) mass is 488 g/mol. The Labute approximate surface area is 207 Å². The minimum absolute atomic E-state index is 0.0493. The lowest BCUT2D eigenvalue weighted by atomic mass is 9.97. The zero-order valence-corrected chi connectivity index (χ0v) is 20.5. The summed E-state index contributed by atoms with van der Waals surface area (Å²) < 4.78 is 20.0. The van der Waals surface area contributed by atoms with Crippen molar-refractivity contribution in [3.05, 3.63) is 58.7 Å². The minimum atomic E-state index is -0.567. The van der Waals surface area contributed by atoms with Gasteiger partial charge in [-0.25, -0.2) is 9.78 Å². The first-order chi connectivity index (χ1) is 17.5. The second-order valence-electron chi connectivity index (χ2n) is 9.77. The molecule has 0 amide bonds. The van der Waals surface area contributed by atoms with Gasteiger partial charge in [0.2, 0.25) is 5.95 Å². The molecule has 36 heavy (non-hydrogen) atoms. The second-order valence-corrected chi connectivity index (χ2v) is 9.77. The van der Waals surface area contributed by atoms with Gasteiger partial charge in [-0.05, 0) is 36.8 Å². The number of nitrogens with one attached hydrogen (secondary N) is 1. The van der Waals surface area contributed by atoms with Gasteiger partial charge in [0.25, 0.3) is 0 Å². The van der Waals surface area contributed by atoms with Crippen LogP contribution in [0.5, 0.6) is 0 Å². The number of imidazole rings is 1. The number of aromatic nitrogens is 6. The van der Waals surface area contributed by atoms with Crippen molar-refractivity contribution in [3.63, 3.8) is 0 Å². The highest BCUT2D eigenvalue weighted by Crippen LogP contribution is 2.42. The number of hydrogen-bond acceptors (Lipinski definition) is 4. The fourth-order valence-electron chi connectivity index (χ4n) is 5.72. The highest BCUT2D eigenvalue weighted by atomic mass is 19.1. The van der Waals surface area contributed by atoms with E-state index in [0.29, 0.717) is 23.3 Å². The van der Waals surface area contributed by atoms with Crippen LogP contribution in [0.2, 0.25) is 0 Å². The third kappa shape index (κ3) is 3.49. The van der Waals surface area contributed by atoms with E-state index in [1.807, 2.05) is 28.8 Å². The Morgan fingerprint density at radius 2 is 1.92 bits per heavy atom. The van der Waals surface area contributed by atoms with Crippen molar-refractivity contribution < 1.29 is 9.50 Å². The molecule has 9 heteroatoms. The summed E-state index contributed by atoms with van der Waals surface area (Å²) in [6.07, 6.45) is 8.99. The van der Waals surface area contributed by atoms with Gasteiger partial charge in [-0.3, -0.25) is 13.8 Å². The molecule has 0 bridgehead atoms.